The third kappa shape index (κ3) is 10.5. The second kappa shape index (κ2) is 14.4. The van der Waals surface area contributed by atoms with Gasteiger partial charge in [0.25, 0.3) is 0 Å². The average molecular weight is 459 g/mol. The molecule has 0 radical (unpaired) electrons. The van der Waals surface area contributed by atoms with Crippen molar-refractivity contribution in [3.05, 3.63) is 0 Å². The number of aliphatic carboxylic acids is 1. The first kappa shape index (κ1) is 29.3. The standard InChI is InChI=1S/C20H38N6O6/c1-10(2)15(22)19(30)25-12(4)17(28)23-11(3)16(27)24-13(5)18(29)26-14(20(31)32)8-6-7-9-21/h10-15H,6-9,21-22H2,1-5H3,(H,23,28)(H,24,27)(H,25,30)(H,26,29)(H,31,32)/t11-,12-,13-,14-,15-/m0/s1. The quantitative estimate of drug-likeness (QED) is 0.147. The Labute approximate surface area is 188 Å². The summed E-state index contributed by atoms with van der Waals surface area (Å²) >= 11 is 0. The monoisotopic (exact) mass is 458 g/mol. The second-order valence-electron chi connectivity index (χ2n) is 8.14. The van der Waals surface area contributed by atoms with Crippen molar-refractivity contribution in [1.29, 1.82) is 0 Å². The fourth-order valence-electron chi connectivity index (χ4n) is 2.53. The van der Waals surface area contributed by atoms with E-state index in [0.29, 0.717) is 19.4 Å². The number of rotatable bonds is 14. The van der Waals surface area contributed by atoms with Gasteiger partial charge in [0.05, 0.1) is 6.04 Å². The summed E-state index contributed by atoms with van der Waals surface area (Å²) in [7, 11) is 0. The molecule has 0 unspecified atom stereocenters. The van der Waals surface area contributed by atoms with Gasteiger partial charge in [0.15, 0.2) is 0 Å². The van der Waals surface area contributed by atoms with Crippen LogP contribution in [-0.2, 0) is 24.0 Å². The van der Waals surface area contributed by atoms with E-state index in [-0.39, 0.29) is 12.3 Å². The molecule has 4 amide bonds. The zero-order chi connectivity index (χ0) is 25.0. The number of hydrogen-bond donors (Lipinski definition) is 7. The number of carboxylic acids is 1. The molecule has 0 spiro atoms. The van der Waals surface area contributed by atoms with Crippen LogP contribution < -0.4 is 32.7 Å². The van der Waals surface area contributed by atoms with E-state index in [1.165, 1.54) is 20.8 Å². The van der Waals surface area contributed by atoms with Crippen LogP contribution in [0.5, 0.6) is 0 Å². The maximum absolute atomic E-state index is 12.3. The SMILES string of the molecule is CC(C)[C@H](N)C(=O)N[C@@H](C)C(=O)N[C@@H](C)C(=O)N[C@@H](C)C(=O)N[C@@H](CCCCN)C(=O)O. The number of carboxylic acid groups (broad SMARTS) is 1. The molecule has 9 N–H and O–H groups in total. The third-order valence-electron chi connectivity index (χ3n) is 4.84. The van der Waals surface area contributed by atoms with E-state index < -0.39 is 59.8 Å². The maximum atomic E-state index is 12.3. The van der Waals surface area contributed by atoms with E-state index in [0.717, 1.165) is 0 Å². The molecule has 0 rings (SSSR count). The third-order valence-corrected chi connectivity index (χ3v) is 4.84. The van der Waals surface area contributed by atoms with Crippen molar-refractivity contribution < 1.29 is 29.1 Å². The van der Waals surface area contributed by atoms with Crippen molar-refractivity contribution >= 4 is 29.6 Å². The lowest BCUT2D eigenvalue weighted by Crippen LogP contribution is -2.57. The Morgan fingerprint density at radius 3 is 1.50 bits per heavy atom. The Balaban J connectivity index is 4.69. The van der Waals surface area contributed by atoms with Crippen LogP contribution in [-0.4, -0.2) is 71.5 Å². The zero-order valence-electron chi connectivity index (χ0n) is 19.4. The highest BCUT2D eigenvalue weighted by Gasteiger charge is 2.27. The van der Waals surface area contributed by atoms with Crippen LogP contribution in [0.1, 0.15) is 53.9 Å². The van der Waals surface area contributed by atoms with Crippen LogP contribution in [0, 0.1) is 5.92 Å². The highest BCUT2D eigenvalue weighted by molar-refractivity contribution is 5.94. The van der Waals surface area contributed by atoms with Gasteiger partial charge in [0.1, 0.15) is 24.2 Å². The number of carbonyl (C=O) groups excluding carboxylic acids is 4. The number of hydrogen-bond acceptors (Lipinski definition) is 7. The first-order chi connectivity index (χ1) is 14.8. The summed E-state index contributed by atoms with van der Waals surface area (Å²) in [6.07, 6.45) is 1.38. The van der Waals surface area contributed by atoms with E-state index in [1.54, 1.807) is 13.8 Å². The van der Waals surface area contributed by atoms with Crippen LogP contribution in [0.15, 0.2) is 0 Å². The van der Waals surface area contributed by atoms with Gasteiger partial charge in [-0.3, -0.25) is 19.2 Å². The smallest absolute Gasteiger partial charge is 0.326 e. The molecule has 0 aromatic carbocycles. The van der Waals surface area contributed by atoms with Gasteiger partial charge in [-0.2, -0.15) is 0 Å². The highest BCUT2D eigenvalue weighted by atomic mass is 16.4. The van der Waals surface area contributed by atoms with Crippen LogP contribution in [0.4, 0.5) is 0 Å². The molecule has 5 atom stereocenters. The summed E-state index contributed by atoms with van der Waals surface area (Å²) in [4.78, 5) is 60.1. The summed E-state index contributed by atoms with van der Waals surface area (Å²) in [5, 5.41) is 19.0. The predicted molar refractivity (Wildman–Crippen MR) is 118 cm³/mol. The summed E-state index contributed by atoms with van der Waals surface area (Å²) in [6, 6.07) is -4.81. The lowest BCUT2D eigenvalue weighted by atomic mass is 10.0. The Bertz CT molecular complexity index is 671. The largest absolute Gasteiger partial charge is 0.480 e. The molecule has 0 aromatic rings. The Hall–Kier alpha value is -2.73. The van der Waals surface area contributed by atoms with Crippen molar-refractivity contribution in [1.82, 2.24) is 21.3 Å². The van der Waals surface area contributed by atoms with Gasteiger partial charge in [-0.05, 0) is 52.5 Å². The molecule has 0 saturated carbocycles. The topological polar surface area (TPSA) is 206 Å². The Kier molecular flexibility index (Phi) is 13.1. The molecule has 0 bridgehead atoms. The molecule has 0 aliphatic rings. The molecule has 0 aliphatic heterocycles. The van der Waals surface area contributed by atoms with E-state index >= 15 is 0 Å². The minimum absolute atomic E-state index is 0.107. The fraction of sp³-hybridized carbons (Fsp3) is 0.750. The first-order valence-electron chi connectivity index (χ1n) is 10.7. The Morgan fingerprint density at radius 2 is 1.12 bits per heavy atom. The maximum Gasteiger partial charge on any atom is 0.326 e. The number of carbonyl (C=O) groups is 5. The van der Waals surface area contributed by atoms with Crippen molar-refractivity contribution in [2.75, 3.05) is 6.54 Å². The molecule has 0 aliphatic carbocycles. The van der Waals surface area contributed by atoms with Crippen LogP contribution in [0.2, 0.25) is 0 Å². The second-order valence-corrected chi connectivity index (χ2v) is 8.14. The Morgan fingerprint density at radius 1 is 0.719 bits per heavy atom. The summed E-state index contributed by atoms with van der Waals surface area (Å²) in [5.41, 5.74) is 11.1. The molecule has 0 heterocycles. The van der Waals surface area contributed by atoms with Crippen molar-refractivity contribution in [2.24, 2.45) is 17.4 Å². The van der Waals surface area contributed by atoms with Gasteiger partial charge >= 0.3 is 5.97 Å². The highest BCUT2D eigenvalue weighted by Crippen LogP contribution is 2.02. The normalized spacial score (nSPS) is 15.6. The van der Waals surface area contributed by atoms with Gasteiger partial charge in [0.2, 0.25) is 23.6 Å². The number of amides is 4. The fourth-order valence-corrected chi connectivity index (χ4v) is 2.53. The van der Waals surface area contributed by atoms with Crippen molar-refractivity contribution in [3.8, 4) is 0 Å². The number of nitrogens with two attached hydrogens (primary N) is 2. The van der Waals surface area contributed by atoms with Crippen molar-refractivity contribution in [2.45, 2.75) is 84.1 Å². The van der Waals surface area contributed by atoms with Gasteiger partial charge in [-0.15, -0.1) is 0 Å². The molecule has 184 valence electrons. The molecule has 12 nitrogen and oxygen atoms in total. The van der Waals surface area contributed by atoms with Crippen LogP contribution in [0.3, 0.4) is 0 Å². The molecule has 32 heavy (non-hydrogen) atoms. The van der Waals surface area contributed by atoms with Gasteiger partial charge in [-0.1, -0.05) is 13.8 Å². The van der Waals surface area contributed by atoms with Crippen LogP contribution >= 0.6 is 0 Å². The average Bonchev–Trinajstić information content (AvgIpc) is 2.71. The summed E-state index contributed by atoms with van der Waals surface area (Å²) < 4.78 is 0. The van der Waals surface area contributed by atoms with E-state index in [9.17, 15) is 29.1 Å². The van der Waals surface area contributed by atoms with E-state index in [2.05, 4.69) is 21.3 Å². The van der Waals surface area contributed by atoms with E-state index in [1.807, 2.05) is 0 Å². The minimum atomic E-state index is -1.18. The summed E-state index contributed by atoms with van der Waals surface area (Å²) in [5.74, 6) is -3.68. The molecule has 12 heteroatoms. The van der Waals surface area contributed by atoms with Gasteiger partial charge in [-0.25, -0.2) is 4.79 Å². The first-order valence-corrected chi connectivity index (χ1v) is 10.7. The lowest BCUT2D eigenvalue weighted by molar-refractivity contribution is -0.142. The van der Waals surface area contributed by atoms with Crippen LogP contribution in [0.25, 0.3) is 0 Å². The molecule has 0 saturated heterocycles. The molecule has 0 fully saturated rings. The number of unbranched alkanes of at least 4 members (excludes halogenated alkanes) is 1. The minimum Gasteiger partial charge on any atom is -0.480 e. The van der Waals surface area contributed by atoms with Gasteiger partial charge in [0, 0.05) is 0 Å². The van der Waals surface area contributed by atoms with Crippen molar-refractivity contribution in [3.63, 3.8) is 0 Å². The zero-order valence-corrected chi connectivity index (χ0v) is 19.4. The number of nitrogens with one attached hydrogen (secondary N) is 4. The van der Waals surface area contributed by atoms with E-state index in [4.69, 9.17) is 11.5 Å². The molecular formula is C20H38N6O6. The summed E-state index contributed by atoms with van der Waals surface area (Å²) in [6.45, 7) is 8.24. The lowest BCUT2D eigenvalue weighted by Gasteiger charge is -2.22. The molecular weight excluding hydrogens is 420 g/mol. The predicted octanol–water partition coefficient (Wildman–Crippen LogP) is -1.82. The van der Waals surface area contributed by atoms with Gasteiger partial charge < -0.3 is 37.8 Å². The molecule has 0 aromatic heterocycles.